The Kier molecular flexibility index (Phi) is 6.34. The fourth-order valence-corrected chi connectivity index (χ4v) is 4.62. The van der Waals surface area contributed by atoms with Crippen molar-refractivity contribution in [1.82, 2.24) is 29.6 Å². The molecule has 0 saturated carbocycles. The molecule has 0 spiro atoms. The molecule has 0 radical (unpaired) electrons. The molecule has 9 heteroatoms. The predicted octanol–water partition coefficient (Wildman–Crippen LogP) is 3.95. The fourth-order valence-electron chi connectivity index (χ4n) is 4.40. The number of H-pyrrole nitrogens is 1. The van der Waals surface area contributed by atoms with Gasteiger partial charge in [0.25, 0.3) is 5.56 Å². The molecule has 2 N–H and O–H groups in total. The highest BCUT2D eigenvalue weighted by Crippen LogP contribution is 2.28. The van der Waals surface area contributed by atoms with E-state index in [9.17, 15) is 4.79 Å². The van der Waals surface area contributed by atoms with Gasteiger partial charge in [-0.05, 0) is 55.6 Å². The highest BCUT2D eigenvalue weighted by Gasteiger charge is 2.19. The van der Waals surface area contributed by atoms with Crippen LogP contribution in [0.25, 0.3) is 16.7 Å². The normalized spacial score (nSPS) is 15.1. The number of rotatable bonds is 6. The van der Waals surface area contributed by atoms with Crippen LogP contribution in [-0.2, 0) is 6.42 Å². The largest absolute Gasteiger partial charge is 0.381 e. The average molecular weight is 478 g/mol. The summed E-state index contributed by atoms with van der Waals surface area (Å²) in [5, 5.41) is 8.88. The minimum Gasteiger partial charge on any atom is -0.381 e. The standard InChI is InChI=1S/C25H28ClN7O/c1-3-32-8-6-18(7-9-32)29-22-12-21-19(11-20(22)26)25(34)31-23(30-21)10-17-4-5-24(27-14-17)33-15-16(2)13-28-33/h4-5,11-15,18,29H,3,6-10H2,1-2H3,(H,30,31,34). The first-order valence-corrected chi connectivity index (χ1v) is 12.0. The lowest BCUT2D eigenvalue weighted by Crippen LogP contribution is -2.38. The van der Waals surface area contributed by atoms with Crippen molar-refractivity contribution in [3.63, 3.8) is 0 Å². The molecule has 4 heterocycles. The van der Waals surface area contributed by atoms with Crippen LogP contribution in [0, 0.1) is 6.92 Å². The minimum absolute atomic E-state index is 0.193. The van der Waals surface area contributed by atoms with Crippen LogP contribution in [0.3, 0.4) is 0 Å². The second kappa shape index (κ2) is 9.56. The number of benzene rings is 1. The zero-order valence-electron chi connectivity index (χ0n) is 19.4. The van der Waals surface area contributed by atoms with Gasteiger partial charge in [0.05, 0.1) is 27.8 Å². The molecule has 34 heavy (non-hydrogen) atoms. The Morgan fingerprint density at radius 3 is 2.71 bits per heavy atom. The van der Waals surface area contributed by atoms with E-state index in [1.54, 1.807) is 23.1 Å². The van der Waals surface area contributed by atoms with Gasteiger partial charge >= 0.3 is 0 Å². The number of hydrogen-bond acceptors (Lipinski definition) is 6. The molecule has 3 aromatic heterocycles. The van der Waals surface area contributed by atoms with Crippen molar-refractivity contribution in [3.8, 4) is 5.82 Å². The van der Waals surface area contributed by atoms with Crippen LogP contribution < -0.4 is 10.9 Å². The number of pyridine rings is 1. The Balaban J connectivity index is 1.36. The summed E-state index contributed by atoms with van der Waals surface area (Å²) in [7, 11) is 0. The van der Waals surface area contributed by atoms with Crippen LogP contribution >= 0.6 is 11.6 Å². The van der Waals surface area contributed by atoms with Crippen molar-refractivity contribution in [1.29, 1.82) is 0 Å². The summed E-state index contributed by atoms with van der Waals surface area (Å²) < 4.78 is 1.74. The summed E-state index contributed by atoms with van der Waals surface area (Å²) in [6.45, 7) is 7.42. The van der Waals surface area contributed by atoms with E-state index in [0.29, 0.717) is 34.2 Å². The number of hydrogen-bond donors (Lipinski definition) is 2. The van der Waals surface area contributed by atoms with Gasteiger partial charge in [-0.3, -0.25) is 4.79 Å². The maximum atomic E-state index is 12.7. The number of piperidine rings is 1. The van der Waals surface area contributed by atoms with Gasteiger partial charge in [-0.25, -0.2) is 14.6 Å². The predicted molar refractivity (Wildman–Crippen MR) is 135 cm³/mol. The lowest BCUT2D eigenvalue weighted by molar-refractivity contribution is 0.229. The Hall–Kier alpha value is -3.23. The second-order valence-corrected chi connectivity index (χ2v) is 9.29. The molecule has 1 aliphatic heterocycles. The third-order valence-electron chi connectivity index (χ3n) is 6.36. The topological polar surface area (TPSA) is 91.7 Å². The molecule has 1 saturated heterocycles. The van der Waals surface area contributed by atoms with Gasteiger partial charge in [-0.2, -0.15) is 5.10 Å². The molecular formula is C25H28ClN7O. The van der Waals surface area contributed by atoms with Crippen LogP contribution in [0.2, 0.25) is 5.02 Å². The van der Waals surface area contributed by atoms with Gasteiger partial charge in [0.1, 0.15) is 5.82 Å². The van der Waals surface area contributed by atoms with Crippen LogP contribution in [-0.4, -0.2) is 55.3 Å². The lowest BCUT2D eigenvalue weighted by Gasteiger charge is -2.32. The number of anilines is 1. The Morgan fingerprint density at radius 2 is 2.03 bits per heavy atom. The molecule has 0 atom stereocenters. The molecule has 5 rings (SSSR count). The summed E-state index contributed by atoms with van der Waals surface area (Å²) in [6, 6.07) is 7.85. The zero-order valence-corrected chi connectivity index (χ0v) is 20.1. The average Bonchev–Trinajstić information content (AvgIpc) is 3.27. The smallest absolute Gasteiger partial charge is 0.258 e. The maximum Gasteiger partial charge on any atom is 0.258 e. The van der Waals surface area contributed by atoms with E-state index in [2.05, 4.69) is 32.2 Å². The number of nitrogens with zero attached hydrogens (tertiary/aromatic N) is 5. The van der Waals surface area contributed by atoms with Crippen molar-refractivity contribution >= 4 is 28.2 Å². The molecular weight excluding hydrogens is 450 g/mol. The summed E-state index contributed by atoms with van der Waals surface area (Å²) in [5.74, 6) is 1.33. The van der Waals surface area contributed by atoms with E-state index in [1.165, 1.54) is 0 Å². The number of likely N-dealkylation sites (tertiary alicyclic amines) is 1. The monoisotopic (exact) mass is 477 g/mol. The first kappa shape index (κ1) is 22.6. The van der Waals surface area contributed by atoms with Crippen molar-refractivity contribution in [2.75, 3.05) is 25.0 Å². The summed E-state index contributed by atoms with van der Waals surface area (Å²) in [6.07, 6.45) is 8.11. The molecule has 1 fully saturated rings. The molecule has 1 aromatic carbocycles. The number of aryl methyl sites for hydroxylation is 1. The van der Waals surface area contributed by atoms with E-state index < -0.39 is 0 Å². The number of aromatic nitrogens is 5. The zero-order chi connectivity index (χ0) is 23.7. The molecule has 0 aliphatic carbocycles. The Bertz CT molecular complexity index is 1350. The van der Waals surface area contributed by atoms with Gasteiger partial charge in [0.2, 0.25) is 0 Å². The van der Waals surface area contributed by atoms with Gasteiger partial charge in [0, 0.05) is 37.9 Å². The van der Waals surface area contributed by atoms with Crippen LogP contribution in [0.15, 0.2) is 47.7 Å². The SMILES string of the molecule is CCN1CCC(Nc2cc3nc(Cc4ccc(-n5cc(C)cn5)nc4)[nH]c(=O)c3cc2Cl)CC1. The molecule has 1 aliphatic rings. The van der Waals surface area contributed by atoms with Crippen molar-refractivity contribution in [2.45, 2.75) is 39.2 Å². The van der Waals surface area contributed by atoms with Crippen LogP contribution in [0.5, 0.6) is 0 Å². The number of fused-ring (bicyclic) bond motifs is 1. The molecule has 0 unspecified atom stereocenters. The van der Waals surface area contributed by atoms with E-state index in [-0.39, 0.29) is 5.56 Å². The lowest BCUT2D eigenvalue weighted by atomic mass is 10.0. The maximum absolute atomic E-state index is 12.7. The number of nitrogens with one attached hydrogen (secondary N) is 2. The highest BCUT2D eigenvalue weighted by molar-refractivity contribution is 6.34. The number of halogens is 1. The Morgan fingerprint density at radius 1 is 1.21 bits per heavy atom. The van der Waals surface area contributed by atoms with Crippen LogP contribution in [0.4, 0.5) is 5.69 Å². The summed E-state index contributed by atoms with van der Waals surface area (Å²) >= 11 is 6.52. The third kappa shape index (κ3) is 4.83. The highest BCUT2D eigenvalue weighted by atomic mass is 35.5. The van der Waals surface area contributed by atoms with Gasteiger partial charge in [0.15, 0.2) is 5.82 Å². The molecule has 4 aromatic rings. The first-order chi connectivity index (χ1) is 16.5. The van der Waals surface area contributed by atoms with Crippen molar-refractivity contribution in [2.24, 2.45) is 0 Å². The van der Waals surface area contributed by atoms with Gasteiger partial charge in [-0.15, -0.1) is 0 Å². The third-order valence-corrected chi connectivity index (χ3v) is 6.68. The van der Waals surface area contributed by atoms with E-state index in [1.807, 2.05) is 31.3 Å². The van der Waals surface area contributed by atoms with E-state index in [0.717, 1.165) is 55.1 Å². The van der Waals surface area contributed by atoms with Crippen LogP contribution in [0.1, 0.15) is 36.7 Å². The molecule has 8 nitrogen and oxygen atoms in total. The second-order valence-electron chi connectivity index (χ2n) is 8.88. The molecule has 0 bridgehead atoms. The Labute approximate surface area is 203 Å². The van der Waals surface area contributed by atoms with E-state index in [4.69, 9.17) is 16.6 Å². The van der Waals surface area contributed by atoms with Gasteiger partial charge in [-0.1, -0.05) is 24.6 Å². The summed E-state index contributed by atoms with van der Waals surface area (Å²) in [4.78, 5) is 27.3. The number of aromatic amines is 1. The molecule has 0 amide bonds. The summed E-state index contributed by atoms with van der Waals surface area (Å²) in [5.41, 5.74) is 3.29. The minimum atomic E-state index is -0.193. The first-order valence-electron chi connectivity index (χ1n) is 11.7. The van der Waals surface area contributed by atoms with Gasteiger partial charge < -0.3 is 15.2 Å². The van der Waals surface area contributed by atoms with E-state index >= 15 is 0 Å². The van der Waals surface area contributed by atoms with Crippen molar-refractivity contribution < 1.29 is 0 Å². The molecule has 176 valence electrons. The van der Waals surface area contributed by atoms with Crippen molar-refractivity contribution in [3.05, 3.63) is 75.2 Å². The fraction of sp³-hybridized carbons (Fsp3) is 0.360. The quantitative estimate of drug-likeness (QED) is 0.437.